The van der Waals surface area contributed by atoms with Crippen molar-refractivity contribution in [3.05, 3.63) is 102 Å². The minimum Gasteiger partial charge on any atom is -0.457 e. The zero-order chi connectivity index (χ0) is 28.8. The van der Waals surface area contributed by atoms with Crippen molar-refractivity contribution in [2.75, 3.05) is 25.5 Å². The molecule has 0 radical (unpaired) electrons. The number of benzene rings is 4. The number of carbonyl (C=O) groups excluding carboxylic acids is 2. The second-order valence-electron chi connectivity index (χ2n) is 10.8. The molecule has 1 aliphatic rings. The first-order valence-electron chi connectivity index (χ1n) is 14.2. The molecule has 2 amide bonds. The number of anilines is 1. The van der Waals surface area contributed by atoms with E-state index in [1.54, 1.807) is 4.90 Å². The lowest BCUT2D eigenvalue weighted by Gasteiger charge is -2.39. The summed E-state index contributed by atoms with van der Waals surface area (Å²) in [6.45, 7) is 0.914. The molecule has 1 fully saturated rings. The fraction of sp³-hybridized carbons (Fsp3) is 0.294. The fourth-order valence-electron chi connectivity index (χ4n) is 5.33. The third kappa shape index (κ3) is 6.87. The van der Waals surface area contributed by atoms with E-state index < -0.39 is 12.1 Å². The molecule has 0 aliphatic carbocycles. The summed E-state index contributed by atoms with van der Waals surface area (Å²) >= 11 is 0. The maximum absolute atomic E-state index is 13.8. The zero-order valence-corrected chi connectivity index (χ0v) is 23.8. The van der Waals surface area contributed by atoms with E-state index in [9.17, 15) is 9.59 Å². The average Bonchev–Trinajstić information content (AvgIpc) is 2.98. The SMILES string of the molecule is CN(C)c1ccc(Oc2ccc(CN3C(=O)C(Cc4ccc5ccccc5c4)NC(=O)C3CCCCN)cc2)cc1. The number of nitrogens with one attached hydrogen (secondary N) is 1. The van der Waals surface area contributed by atoms with Crippen LogP contribution in [-0.4, -0.2) is 49.4 Å². The second-order valence-corrected chi connectivity index (χ2v) is 10.8. The molecule has 0 aromatic heterocycles. The number of ether oxygens (including phenoxy) is 1. The Labute approximate surface area is 241 Å². The zero-order valence-electron chi connectivity index (χ0n) is 23.8. The number of amides is 2. The van der Waals surface area contributed by atoms with Crippen LogP contribution in [0.3, 0.4) is 0 Å². The van der Waals surface area contributed by atoms with Crippen LogP contribution >= 0.6 is 0 Å². The molecule has 212 valence electrons. The van der Waals surface area contributed by atoms with Gasteiger partial charge in [0.25, 0.3) is 0 Å². The van der Waals surface area contributed by atoms with E-state index in [0.717, 1.165) is 46.2 Å². The van der Waals surface area contributed by atoms with Crippen LogP contribution in [0.5, 0.6) is 11.5 Å². The van der Waals surface area contributed by atoms with E-state index in [-0.39, 0.29) is 11.8 Å². The van der Waals surface area contributed by atoms with Gasteiger partial charge in [-0.2, -0.15) is 0 Å². The standard InChI is InChI=1S/C34H38N4O3/c1-37(2)28-14-18-30(19-15-28)41-29-16-11-24(12-17-29)23-38-32(9-5-6-20-35)33(39)36-31(34(38)40)22-25-10-13-26-7-3-4-8-27(26)21-25/h3-4,7-8,10-19,21,31-32H,5-6,9,20,22-23,35H2,1-2H3,(H,36,39). The van der Waals surface area contributed by atoms with Crippen LogP contribution in [0.4, 0.5) is 5.69 Å². The summed E-state index contributed by atoms with van der Waals surface area (Å²) < 4.78 is 6.02. The Bertz CT molecular complexity index is 1480. The Morgan fingerprint density at radius 1 is 0.829 bits per heavy atom. The number of nitrogens with zero attached hydrogens (tertiary/aromatic N) is 2. The highest BCUT2D eigenvalue weighted by Gasteiger charge is 2.40. The molecule has 1 saturated heterocycles. The number of hydrogen-bond donors (Lipinski definition) is 2. The molecule has 41 heavy (non-hydrogen) atoms. The first kappa shape index (κ1) is 28.2. The summed E-state index contributed by atoms with van der Waals surface area (Å²) in [4.78, 5) is 30.9. The van der Waals surface area contributed by atoms with E-state index in [1.807, 2.05) is 85.7 Å². The molecular formula is C34H38N4O3. The highest BCUT2D eigenvalue weighted by atomic mass is 16.5. The number of fused-ring (bicyclic) bond motifs is 1. The lowest BCUT2D eigenvalue weighted by atomic mass is 9.96. The van der Waals surface area contributed by atoms with Gasteiger partial charge in [0.05, 0.1) is 0 Å². The Hall–Kier alpha value is -4.36. The molecule has 4 aromatic carbocycles. The molecule has 7 heteroatoms. The number of unbranched alkanes of at least 4 members (excludes halogenated alkanes) is 1. The highest BCUT2D eigenvalue weighted by Crippen LogP contribution is 2.26. The monoisotopic (exact) mass is 550 g/mol. The maximum Gasteiger partial charge on any atom is 0.246 e. The normalized spacial score (nSPS) is 17.0. The van der Waals surface area contributed by atoms with Crippen LogP contribution in [-0.2, 0) is 22.6 Å². The number of hydrogen-bond acceptors (Lipinski definition) is 5. The molecule has 0 spiro atoms. The van der Waals surface area contributed by atoms with Gasteiger partial charge in [-0.1, -0.05) is 54.6 Å². The van der Waals surface area contributed by atoms with Gasteiger partial charge in [0, 0.05) is 32.7 Å². The Morgan fingerprint density at radius 2 is 1.49 bits per heavy atom. The second kappa shape index (κ2) is 12.9. The van der Waals surface area contributed by atoms with E-state index in [2.05, 4.69) is 29.6 Å². The van der Waals surface area contributed by atoms with Gasteiger partial charge in [-0.05, 0) is 84.1 Å². The first-order chi connectivity index (χ1) is 19.9. The molecule has 0 saturated carbocycles. The van der Waals surface area contributed by atoms with Crippen molar-refractivity contribution >= 4 is 28.3 Å². The maximum atomic E-state index is 13.8. The van der Waals surface area contributed by atoms with Crippen molar-refractivity contribution in [3.8, 4) is 11.5 Å². The van der Waals surface area contributed by atoms with Gasteiger partial charge in [0.2, 0.25) is 11.8 Å². The molecular weight excluding hydrogens is 512 g/mol. The van der Waals surface area contributed by atoms with Gasteiger partial charge in [-0.15, -0.1) is 0 Å². The van der Waals surface area contributed by atoms with Crippen LogP contribution in [0.25, 0.3) is 10.8 Å². The minimum atomic E-state index is -0.609. The van der Waals surface area contributed by atoms with Crippen LogP contribution in [0.15, 0.2) is 91.0 Å². The first-order valence-corrected chi connectivity index (χ1v) is 14.2. The van der Waals surface area contributed by atoms with Crippen molar-refractivity contribution in [1.29, 1.82) is 0 Å². The van der Waals surface area contributed by atoms with E-state index in [1.165, 1.54) is 0 Å². The molecule has 2 unspecified atom stereocenters. The van der Waals surface area contributed by atoms with Gasteiger partial charge in [0.15, 0.2) is 0 Å². The average molecular weight is 551 g/mol. The van der Waals surface area contributed by atoms with Crippen molar-refractivity contribution in [2.24, 2.45) is 5.73 Å². The third-order valence-electron chi connectivity index (χ3n) is 7.63. The predicted octanol–water partition coefficient (Wildman–Crippen LogP) is 5.27. The van der Waals surface area contributed by atoms with Crippen molar-refractivity contribution in [1.82, 2.24) is 10.2 Å². The number of rotatable bonds is 11. The Morgan fingerprint density at radius 3 is 2.17 bits per heavy atom. The molecule has 5 rings (SSSR count). The Kier molecular flexibility index (Phi) is 8.85. The quantitative estimate of drug-likeness (QED) is 0.249. The summed E-state index contributed by atoms with van der Waals surface area (Å²) in [6, 6.07) is 28.8. The number of nitrogens with two attached hydrogens (primary N) is 1. The van der Waals surface area contributed by atoms with Gasteiger partial charge >= 0.3 is 0 Å². The lowest BCUT2D eigenvalue weighted by Crippen LogP contribution is -2.63. The summed E-state index contributed by atoms with van der Waals surface area (Å²) in [5.41, 5.74) is 8.77. The van der Waals surface area contributed by atoms with Crippen LogP contribution in [0.1, 0.15) is 30.4 Å². The number of piperazine rings is 1. The predicted molar refractivity (Wildman–Crippen MR) is 164 cm³/mol. The molecule has 3 N–H and O–H groups in total. The summed E-state index contributed by atoms with van der Waals surface area (Å²) in [7, 11) is 4.00. The molecule has 4 aromatic rings. The summed E-state index contributed by atoms with van der Waals surface area (Å²) in [5.74, 6) is 1.30. The summed E-state index contributed by atoms with van der Waals surface area (Å²) in [6.07, 6.45) is 2.63. The molecule has 7 nitrogen and oxygen atoms in total. The molecule has 2 atom stereocenters. The van der Waals surface area contributed by atoms with E-state index in [0.29, 0.717) is 31.7 Å². The topological polar surface area (TPSA) is 87.9 Å². The number of carbonyl (C=O) groups is 2. The molecule has 1 aliphatic heterocycles. The highest BCUT2D eigenvalue weighted by molar-refractivity contribution is 5.97. The van der Waals surface area contributed by atoms with Crippen LogP contribution < -0.4 is 20.7 Å². The van der Waals surface area contributed by atoms with Gasteiger partial charge in [0.1, 0.15) is 23.6 Å². The van der Waals surface area contributed by atoms with Crippen molar-refractivity contribution in [2.45, 2.75) is 44.3 Å². The van der Waals surface area contributed by atoms with Gasteiger partial charge in [-0.25, -0.2) is 0 Å². The minimum absolute atomic E-state index is 0.0585. The molecule has 0 bridgehead atoms. The van der Waals surface area contributed by atoms with Gasteiger partial charge in [-0.3, -0.25) is 9.59 Å². The lowest BCUT2D eigenvalue weighted by molar-refractivity contribution is -0.150. The third-order valence-corrected chi connectivity index (χ3v) is 7.63. The van der Waals surface area contributed by atoms with Crippen molar-refractivity contribution < 1.29 is 14.3 Å². The van der Waals surface area contributed by atoms with Crippen molar-refractivity contribution in [3.63, 3.8) is 0 Å². The van der Waals surface area contributed by atoms with E-state index >= 15 is 0 Å². The van der Waals surface area contributed by atoms with Gasteiger partial charge < -0.3 is 25.6 Å². The van der Waals surface area contributed by atoms with E-state index in [4.69, 9.17) is 10.5 Å². The Balaban J connectivity index is 1.31. The fourth-order valence-corrected chi connectivity index (χ4v) is 5.33. The van der Waals surface area contributed by atoms with Crippen LogP contribution in [0, 0.1) is 0 Å². The largest absolute Gasteiger partial charge is 0.457 e. The van der Waals surface area contributed by atoms with Crippen LogP contribution in [0.2, 0.25) is 0 Å². The molecule has 1 heterocycles. The smallest absolute Gasteiger partial charge is 0.246 e. The summed E-state index contributed by atoms with van der Waals surface area (Å²) in [5, 5.41) is 5.28.